The summed E-state index contributed by atoms with van der Waals surface area (Å²) in [5, 5.41) is 8.88. The van der Waals surface area contributed by atoms with Gasteiger partial charge in [0.2, 0.25) is 0 Å². The maximum atomic E-state index is 10.8. The first-order chi connectivity index (χ1) is 6.49. The van der Waals surface area contributed by atoms with Gasteiger partial charge < -0.3 is 9.84 Å². The summed E-state index contributed by atoms with van der Waals surface area (Å²) in [6, 6.07) is -0.437. The minimum Gasteiger partial charge on any atom is -0.480 e. The first-order valence-corrected chi connectivity index (χ1v) is 4.94. The zero-order chi connectivity index (χ0) is 11.1. The number of carbonyl (C=O) groups is 1. The van der Waals surface area contributed by atoms with Gasteiger partial charge in [-0.1, -0.05) is 13.8 Å². The van der Waals surface area contributed by atoms with Crippen LogP contribution in [0.2, 0.25) is 0 Å². The number of carboxylic acids is 1. The Kier molecular flexibility index (Phi) is 6.49. The summed E-state index contributed by atoms with van der Waals surface area (Å²) in [6.45, 7) is 7.90. The third-order valence-corrected chi connectivity index (χ3v) is 2.09. The van der Waals surface area contributed by atoms with Crippen molar-refractivity contribution in [3.8, 4) is 0 Å². The highest BCUT2D eigenvalue weighted by atomic mass is 16.5. The molecule has 1 atom stereocenters. The molecule has 0 saturated heterocycles. The van der Waals surface area contributed by atoms with Crippen molar-refractivity contribution in [2.45, 2.75) is 26.8 Å². The summed E-state index contributed by atoms with van der Waals surface area (Å²) in [4.78, 5) is 12.7. The molecular formula is C10H21NO3. The molecule has 0 aromatic carbocycles. The zero-order valence-electron chi connectivity index (χ0n) is 9.49. The van der Waals surface area contributed by atoms with Crippen molar-refractivity contribution in [1.29, 1.82) is 0 Å². The number of rotatable bonds is 7. The fourth-order valence-corrected chi connectivity index (χ4v) is 1.28. The van der Waals surface area contributed by atoms with E-state index in [0.717, 1.165) is 6.54 Å². The number of nitrogens with zero attached hydrogens (tertiary/aromatic N) is 1. The lowest BCUT2D eigenvalue weighted by atomic mass is 10.1. The van der Waals surface area contributed by atoms with Gasteiger partial charge in [0.15, 0.2) is 0 Å². The van der Waals surface area contributed by atoms with Crippen LogP contribution in [-0.4, -0.2) is 48.8 Å². The van der Waals surface area contributed by atoms with Gasteiger partial charge in [-0.2, -0.15) is 0 Å². The SMILES string of the molecule is COCCN(CC(C)C)C(C)C(=O)O. The average Bonchev–Trinajstić information content (AvgIpc) is 2.10. The van der Waals surface area contributed by atoms with Crippen LogP contribution in [-0.2, 0) is 9.53 Å². The summed E-state index contributed by atoms with van der Waals surface area (Å²) in [6.07, 6.45) is 0. The topological polar surface area (TPSA) is 49.8 Å². The summed E-state index contributed by atoms with van der Waals surface area (Å²) in [5.74, 6) is -0.310. The number of carboxylic acid groups (broad SMARTS) is 1. The van der Waals surface area contributed by atoms with Crippen LogP contribution in [0.25, 0.3) is 0 Å². The molecule has 0 saturated carbocycles. The van der Waals surface area contributed by atoms with Crippen molar-refractivity contribution in [1.82, 2.24) is 4.90 Å². The molecule has 0 aliphatic rings. The molecule has 0 fully saturated rings. The van der Waals surface area contributed by atoms with Crippen LogP contribution in [0, 0.1) is 5.92 Å². The molecule has 0 amide bonds. The molecule has 0 bridgehead atoms. The van der Waals surface area contributed by atoms with Crippen LogP contribution in [0.3, 0.4) is 0 Å². The normalized spacial score (nSPS) is 13.6. The van der Waals surface area contributed by atoms with E-state index in [0.29, 0.717) is 19.1 Å². The first kappa shape index (κ1) is 13.4. The van der Waals surface area contributed by atoms with Gasteiger partial charge in [-0.15, -0.1) is 0 Å². The Morgan fingerprint density at radius 3 is 2.36 bits per heavy atom. The van der Waals surface area contributed by atoms with Crippen molar-refractivity contribution in [2.75, 3.05) is 26.8 Å². The predicted octanol–water partition coefficient (Wildman–Crippen LogP) is 1.06. The van der Waals surface area contributed by atoms with Gasteiger partial charge in [0.25, 0.3) is 0 Å². The van der Waals surface area contributed by atoms with Crippen molar-refractivity contribution in [3.63, 3.8) is 0 Å². The minimum absolute atomic E-state index is 0.437. The molecule has 84 valence electrons. The number of hydrogen-bond acceptors (Lipinski definition) is 3. The van der Waals surface area contributed by atoms with E-state index in [1.54, 1.807) is 14.0 Å². The average molecular weight is 203 g/mol. The second-order valence-electron chi connectivity index (χ2n) is 3.90. The quantitative estimate of drug-likeness (QED) is 0.672. The maximum absolute atomic E-state index is 10.8. The molecule has 0 radical (unpaired) electrons. The second-order valence-corrected chi connectivity index (χ2v) is 3.90. The van der Waals surface area contributed by atoms with Gasteiger partial charge in [0.1, 0.15) is 6.04 Å². The van der Waals surface area contributed by atoms with Crippen LogP contribution in [0.1, 0.15) is 20.8 Å². The van der Waals surface area contributed by atoms with Crippen LogP contribution in [0.4, 0.5) is 0 Å². The highest BCUT2D eigenvalue weighted by molar-refractivity contribution is 5.72. The number of ether oxygens (including phenoxy) is 1. The van der Waals surface area contributed by atoms with Crippen LogP contribution in [0.15, 0.2) is 0 Å². The van der Waals surface area contributed by atoms with Gasteiger partial charge in [-0.3, -0.25) is 9.69 Å². The van der Waals surface area contributed by atoms with Gasteiger partial charge in [-0.25, -0.2) is 0 Å². The van der Waals surface area contributed by atoms with E-state index in [1.807, 2.05) is 4.90 Å². The molecule has 4 heteroatoms. The van der Waals surface area contributed by atoms with Gasteiger partial charge in [-0.05, 0) is 12.8 Å². The third-order valence-electron chi connectivity index (χ3n) is 2.09. The highest BCUT2D eigenvalue weighted by Crippen LogP contribution is 2.04. The molecule has 1 unspecified atom stereocenters. The zero-order valence-corrected chi connectivity index (χ0v) is 9.49. The fourth-order valence-electron chi connectivity index (χ4n) is 1.28. The number of aliphatic carboxylic acids is 1. The summed E-state index contributed by atoms with van der Waals surface area (Å²) < 4.78 is 4.95. The highest BCUT2D eigenvalue weighted by Gasteiger charge is 2.20. The van der Waals surface area contributed by atoms with Gasteiger partial charge in [0, 0.05) is 20.2 Å². The minimum atomic E-state index is -0.776. The summed E-state index contributed by atoms with van der Waals surface area (Å²) >= 11 is 0. The molecule has 0 aromatic rings. The molecule has 0 spiro atoms. The van der Waals surface area contributed by atoms with Crippen molar-refractivity contribution in [2.24, 2.45) is 5.92 Å². The Morgan fingerprint density at radius 1 is 1.43 bits per heavy atom. The smallest absolute Gasteiger partial charge is 0.320 e. The van der Waals surface area contributed by atoms with E-state index in [2.05, 4.69) is 13.8 Å². The second kappa shape index (κ2) is 6.79. The molecule has 14 heavy (non-hydrogen) atoms. The van der Waals surface area contributed by atoms with E-state index in [1.165, 1.54) is 0 Å². The molecule has 4 nitrogen and oxygen atoms in total. The van der Waals surface area contributed by atoms with E-state index < -0.39 is 12.0 Å². The van der Waals surface area contributed by atoms with Crippen LogP contribution >= 0.6 is 0 Å². The molecule has 0 heterocycles. The van der Waals surface area contributed by atoms with E-state index in [9.17, 15) is 4.79 Å². The lowest BCUT2D eigenvalue weighted by Crippen LogP contribution is -2.42. The first-order valence-electron chi connectivity index (χ1n) is 4.94. The standard InChI is InChI=1S/C10H21NO3/c1-8(2)7-11(5-6-14-4)9(3)10(12)13/h8-9H,5-7H2,1-4H3,(H,12,13). The van der Waals surface area contributed by atoms with Crippen LogP contribution in [0.5, 0.6) is 0 Å². The summed E-state index contributed by atoms with van der Waals surface area (Å²) in [5.41, 5.74) is 0. The van der Waals surface area contributed by atoms with E-state index in [-0.39, 0.29) is 0 Å². The maximum Gasteiger partial charge on any atom is 0.320 e. The van der Waals surface area contributed by atoms with E-state index in [4.69, 9.17) is 9.84 Å². The van der Waals surface area contributed by atoms with Gasteiger partial charge in [0.05, 0.1) is 6.61 Å². The fraction of sp³-hybridized carbons (Fsp3) is 0.900. The van der Waals surface area contributed by atoms with Crippen molar-refractivity contribution >= 4 is 5.97 Å². The van der Waals surface area contributed by atoms with Crippen LogP contribution < -0.4 is 0 Å². The van der Waals surface area contributed by atoms with Gasteiger partial charge >= 0.3 is 5.97 Å². The number of methoxy groups -OCH3 is 1. The summed E-state index contributed by atoms with van der Waals surface area (Å²) in [7, 11) is 1.62. The Balaban J connectivity index is 4.15. The lowest BCUT2D eigenvalue weighted by molar-refractivity contribution is -0.143. The lowest BCUT2D eigenvalue weighted by Gasteiger charge is -2.27. The van der Waals surface area contributed by atoms with E-state index >= 15 is 0 Å². The van der Waals surface area contributed by atoms with Crippen molar-refractivity contribution in [3.05, 3.63) is 0 Å². The molecular weight excluding hydrogens is 182 g/mol. The molecule has 0 aromatic heterocycles. The molecule has 0 aliphatic carbocycles. The molecule has 0 rings (SSSR count). The molecule has 1 N–H and O–H groups in total. The molecule has 0 aliphatic heterocycles. The Labute approximate surface area is 85.9 Å². The Hall–Kier alpha value is -0.610. The predicted molar refractivity (Wildman–Crippen MR) is 55.4 cm³/mol. The third kappa shape index (κ3) is 5.19. The number of hydrogen-bond donors (Lipinski definition) is 1. The monoisotopic (exact) mass is 203 g/mol. The van der Waals surface area contributed by atoms with Crippen molar-refractivity contribution < 1.29 is 14.6 Å². The Morgan fingerprint density at radius 2 is 2.00 bits per heavy atom. The largest absolute Gasteiger partial charge is 0.480 e. The Bertz CT molecular complexity index is 171.